The molecular formula is C27H24F2N6O3. The Morgan fingerprint density at radius 1 is 1.16 bits per heavy atom. The fourth-order valence-corrected chi connectivity index (χ4v) is 6.18. The number of fused-ring (bicyclic) bond motifs is 5. The second-order valence-electron chi connectivity index (χ2n) is 10.2. The van der Waals surface area contributed by atoms with Crippen LogP contribution in [-0.2, 0) is 16.8 Å². The molecule has 0 radical (unpaired) electrons. The van der Waals surface area contributed by atoms with Crippen molar-refractivity contribution in [2.75, 3.05) is 6.61 Å². The lowest BCUT2D eigenvalue weighted by atomic mass is 9.66. The van der Waals surface area contributed by atoms with E-state index >= 15 is 0 Å². The topological polar surface area (TPSA) is 127 Å². The zero-order chi connectivity index (χ0) is 26.7. The largest absolute Gasteiger partial charge is 0.443 e. The Labute approximate surface area is 216 Å². The van der Waals surface area contributed by atoms with E-state index in [4.69, 9.17) is 14.5 Å². The first-order valence-corrected chi connectivity index (χ1v) is 12.2. The summed E-state index contributed by atoms with van der Waals surface area (Å²) >= 11 is 0. The fraction of sp³-hybridized carbons (Fsp3) is 0.333. The first-order chi connectivity index (χ1) is 18.3. The second kappa shape index (κ2) is 8.73. The molecule has 1 aromatic carbocycles. The van der Waals surface area contributed by atoms with Gasteiger partial charge in [0.1, 0.15) is 30.2 Å². The highest BCUT2D eigenvalue weighted by Crippen LogP contribution is 2.69. The average Bonchev–Trinajstić information content (AvgIpc) is 3.55. The molecule has 0 spiro atoms. The van der Waals surface area contributed by atoms with Gasteiger partial charge in [-0.1, -0.05) is 19.9 Å². The van der Waals surface area contributed by atoms with Crippen LogP contribution in [0.3, 0.4) is 0 Å². The maximum atomic E-state index is 14.5. The SMILES string of the molecule is CC1(C)[C@H]2CC[C@]1(c1cncc(-c3nc(CNC(=O)CO)co3)n1)c1nnc(-c3c(F)cccc3F)cc12. The zero-order valence-corrected chi connectivity index (χ0v) is 20.7. The number of hydrogen-bond donors (Lipinski definition) is 2. The van der Waals surface area contributed by atoms with Gasteiger partial charge in [-0.25, -0.2) is 18.7 Å². The molecule has 4 aromatic rings. The number of hydrogen-bond acceptors (Lipinski definition) is 8. The molecule has 6 rings (SSSR count). The minimum atomic E-state index is -0.684. The van der Waals surface area contributed by atoms with Crippen LogP contribution in [0, 0.1) is 17.0 Å². The summed E-state index contributed by atoms with van der Waals surface area (Å²) in [5, 5.41) is 20.2. The predicted octanol–water partition coefficient (Wildman–Crippen LogP) is 3.68. The van der Waals surface area contributed by atoms with Crippen LogP contribution in [0.4, 0.5) is 8.78 Å². The van der Waals surface area contributed by atoms with Gasteiger partial charge in [-0.3, -0.25) is 9.78 Å². The van der Waals surface area contributed by atoms with Gasteiger partial charge in [-0.15, -0.1) is 5.10 Å². The number of halogens is 2. The summed E-state index contributed by atoms with van der Waals surface area (Å²) < 4.78 is 34.6. The van der Waals surface area contributed by atoms with Crippen molar-refractivity contribution in [3.05, 3.63) is 77.2 Å². The summed E-state index contributed by atoms with van der Waals surface area (Å²) in [5.74, 6) is -1.55. The Morgan fingerprint density at radius 2 is 1.95 bits per heavy atom. The van der Waals surface area contributed by atoms with E-state index in [0.29, 0.717) is 17.1 Å². The van der Waals surface area contributed by atoms with Crippen LogP contribution in [0.5, 0.6) is 0 Å². The summed E-state index contributed by atoms with van der Waals surface area (Å²) in [6.07, 6.45) is 6.29. The molecule has 11 heteroatoms. The molecule has 1 amide bonds. The van der Waals surface area contributed by atoms with Crippen molar-refractivity contribution in [2.24, 2.45) is 5.41 Å². The van der Waals surface area contributed by atoms with E-state index in [1.54, 1.807) is 18.5 Å². The smallest absolute Gasteiger partial charge is 0.246 e. The number of aliphatic hydroxyl groups excluding tert-OH is 1. The van der Waals surface area contributed by atoms with Gasteiger partial charge in [0, 0.05) is 6.20 Å². The van der Waals surface area contributed by atoms with Gasteiger partial charge in [0.25, 0.3) is 0 Å². The van der Waals surface area contributed by atoms with E-state index in [1.807, 2.05) is 0 Å². The molecule has 3 aromatic heterocycles. The van der Waals surface area contributed by atoms with Crippen molar-refractivity contribution in [3.8, 4) is 22.8 Å². The molecule has 0 saturated heterocycles. The lowest BCUT2D eigenvalue weighted by molar-refractivity contribution is -0.124. The number of carbonyl (C=O) groups is 1. The molecule has 0 unspecified atom stereocenters. The normalized spacial score (nSPS) is 20.9. The maximum absolute atomic E-state index is 14.5. The van der Waals surface area contributed by atoms with Crippen molar-refractivity contribution in [1.82, 2.24) is 30.5 Å². The molecular weight excluding hydrogens is 494 g/mol. The van der Waals surface area contributed by atoms with Gasteiger partial charge in [0.2, 0.25) is 11.8 Å². The highest BCUT2D eigenvalue weighted by Gasteiger charge is 2.65. The molecule has 1 saturated carbocycles. The van der Waals surface area contributed by atoms with E-state index < -0.39 is 29.6 Å². The standard InChI is InChI=1S/C27H24F2N6O3/c1-26(2)16-6-7-27(26,24-15(16)8-19(34-35-24)23-17(28)4-3-5-18(23)29)21-11-30-10-20(33-21)25-32-14(13-38-25)9-31-22(37)12-36/h3-5,8,10-11,13,16,36H,6-7,9,12H2,1-2H3,(H,31,37)/t16-,27-/m0/s1. The highest BCUT2D eigenvalue weighted by molar-refractivity contribution is 5.76. The molecule has 38 heavy (non-hydrogen) atoms. The molecule has 2 bridgehead atoms. The van der Waals surface area contributed by atoms with Gasteiger partial charge < -0.3 is 14.8 Å². The van der Waals surface area contributed by atoms with Crippen LogP contribution in [0.15, 0.2) is 47.3 Å². The van der Waals surface area contributed by atoms with E-state index in [2.05, 4.69) is 39.3 Å². The van der Waals surface area contributed by atoms with Gasteiger partial charge in [-0.2, -0.15) is 5.10 Å². The number of rotatable bonds is 6. The van der Waals surface area contributed by atoms with E-state index in [1.165, 1.54) is 24.5 Å². The third-order valence-electron chi connectivity index (χ3n) is 8.05. The van der Waals surface area contributed by atoms with Crippen LogP contribution in [-0.4, -0.2) is 42.8 Å². The molecule has 9 nitrogen and oxygen atoms in total. The van der Waals surface area contributed by atoms with Crippen LogP contribution in [0.25, 0.3) is 22.8 Å². The van der Waals surface area contributed by atoms with Crippen LogP contribution in [0.2, 0.25) is 0 Å². The Kier molecular flexibility index (Phi) is 5.56. The highest BCUT2D eigenvalue weighted by atomic mass is 19.1. The first-order valence-electron chi connectivity index (χ1n) is 12.2. The summed E-state index contributed by atoms with van der Waals surface area (Å²) in [5.41, 5.74) is 2.28. The van der Waals surface area contributed by atoms with Gasteiger partial charge in [0.15, 0.2) is 0 Å². The monoisotopic (exact) mass is 518 g/mol. The number of nitrogens with zero attached hydrogens (tertiary/aromatic N) is 5. The van der Waals surface area contributed by atoms with Gasteiger partial charge in [-0.05, 0) is 47.9 Å². The van der Waals surface area contributed by atoms with E-state index in [-0.39, 0.29) is 35.0 Å². The Balaban J connectivity index is 1.40. The molecule has 1 fully saturated rings. The minimum Gasteiger partial charge on any atom is -0.443 e. The Morgan fingerprint density at radius 3 is 2.71 bits per heavy atom. The first kappa shape index (κ1) is 24.2. The molecule has 0 aliphatic heterocycles. The quantitative estimate of drug-likeness (QED) is 0.396. The molecule has 2 aliphatic rings. The molecule has 3 heterocycles. The van der Waals surface area contributed by atoms with Crippen LogP contribution >= 0.6 is 0 Å². The van der Waals surface area contributed by atoms with Gasteiger partial charge in [0.05, 0.1) is 46.5 Å². The van der Waals surface area contributed by atoms with Crippen molar-refractivity contribution in [2.45, 2.75) is 44.6 Å². The van der Waals surface area contributed by atoms with Crippen molar-refractivity contribution >= 4 is 5.91 Å². The number of aromatic nitrogens is 5. The third-order valence-corrected chi connectivity index (χ3v) is 8.05. The maximum Gasteiger partial charge on any atom is 0.246 e. The van der Waals surface area contributed by atoms with Crippen molar-refractivity contribution in [3.63, 3.8) is 0 Å². The number of amides is 1. The minimum absolute atomic E-state index is 0.0931. The number of nitrogens with one attached hydrogen (secondary N) is 1. The van der Waals surface area contributed by atoms with E-state index in [9.17, 15) is 13.6 Å². The van der Waals surface area contributed by atoms with Crippen LogP contribution < -0.4 is 5.32 Å². The summed E-state index contributed by atoms with van der Waals surface area (Å²) in [7, 11) is 0. The fourth-order valence-electron chi connectivity index (χ4n) is 6.18. The third kappa shape index (κ3) is 3.45. The summed E-state index contributed by atoms with van der Waals surface area (Å²) in [6, 6.07) is 5.50. The number of benzene rings is 1. The van der Waals surface area contributed by atoms with Crippen LogP contribution in [0.1, 0.15) is 55.3 Å². The lowest BCUT2D eigenvalue weighted by Gasteiger charge is -2.37. The van der Waals surface area contributed by atoms with E-state index in [0.717, 1.165) is 24.1 Å². The van der Waals surface area contributed by atoms with Crippen molar-refractivity contribution in [1.29, 1.82) is 0 Å². The molecule has 194 valence electrons. The number of aliphatic hydroxyl groups is 1. The zero-order valence-electron chi connectivity index (χ0n) is 20.7. The Bertz CT molecular complexity index is 1550. The average molecular weight is 519 g/mol. The summed E-state index contributed by atoms with van der Waals surface area (Å²) in [6.45, 7) is 3.79. The Hall–Kier alpha value is -4.12. The number of oxazole rings is 1. The molecule has 2 N–H and O–H groups in total. The molecule has 2 aliphatic carbocycles. The lowest BCUT2D eigenvalue weighted by Crippen LogP contribution is -2.38. The van der Waals surface area contributed by atoms with Crippen molar-refractivity contribution < 1.29 is 23.1 Å². The number of carbonyl (C=O) groups excluding carboxylic acids is 1. The summed E-state index contributed by atoms with van der Waals surface area (Å²) in [4.78, 5) is 25.0. The predicted molar refractivity (Wildman–Crippen MR) is 130 cm³/mol. The van der Waals surface area contributed by atoms with Gasteiger partial charge >= 0.3 is 0 Å². The second-order valence-corrected chi connectivity index (χ2v) is 10.2. The molecule has 2 atom stereocenters.